The molecule has 2 fully saturated rings. The predicted molar refractivity (Wildman–Crippen MR) is 117 cm³/mol. The Balaban J connectivity index is 1.46. The molecule has 2 atom stereocenters. The lowest BCUT2D eigenvalue weighted by Gasteiger charge is -2.29. The van der Waals surface area contributed by atoms with Gasteiger partial charge in [-0.3, -0.25) is 9.69 Å². The van der Waals surface area contributed by atoms with E-state index in [0.29, 0.717) is 32.0 Å². The summed E-state index contributed by atoms with van der Waals surface area (Å²) in [6.07, 6.45) is 2.10. The molecule has 0 unspecified atom stereocenters. The van der Waals surface area contributed by atoms with Crippen LogP contribution in [0.2, 0.25) is 0 Å². The maximum Gasteiger partial charge on any atom is 0.243 e. The summed E-state index contributed by atoms with van der Waals surface area (Å²) in [5.41, 5.74) is 1.75. The second-order valence-corrected chi connectivity index (χ2v) is 10.4. The fourth-order valence-electron chi connectivity index (χ4n) is 4.14. The number of hydrogen-bond acceptors (Lipinski definition) is 6. The zero-order valence-electron chi connectivity index (χ0n) is 17.0. The van der Waals surface area contributed by atoms with Crippen molar-refractivity contribution in [2.24, 2.45) is 0 Å². The number of thiophene rings is 1. The largest absolute Gasteiger partial charge is 0.379 e. The van der Waals surface area contributed by atoms with Gasteiger partial charge in [-0.1, -0.05) is 6.07 Å². The summed E-state index contributed by atoms with van der Waals surface area (Å²) in [5.74, 6) is -0.127. The third kappa shape index (κ3) is 4.45. The number of carbonyl (C=O) groups excluding carboxylic acids is 1. The van der Waals surface area contributed by atoms with Gasteiger partial charge in [-0.25, -0.2) is 8.42 Å². The molecule has 30 heavy (non-hydrogen) atoms. The Bertz CT molecular complexity index is 972. The van der Waals surface area contributed by atoms with Crippen molar-refractivity contribution < 1.29 is 17.9 Å². The Morgan fingerprint density at radius 2 is 2.03 bits per heavy atom. The molecule has 0 saturated carbocycles. The zero-order valence-corrected chi connectivity index (χ0v) is 18.6. The molecule has 0 aliphatic carbocycles. The van der Waals surface area contributed by atoms with E-state index < -0.39 is 10.0 Å². The van der Waals surface area contributed by atoms with E-state index in [4.69, 9.17) is 4.74 Å². The molecular weight excluding hydrogens is 422 g/mol. The van der Waals surface area contributed by atoms with Crippen molar-refractivity contribution in [3.05, 3.63) is 46.7 Å². The molecule has 1 aromatic heterocycles. The van der Waals surface area contributed by atoms with Gasteiger partial charge in [-0.05, 0) is 66.9 Å². The van der Waals surface area contributed by atoms with Crippen molar-refractivity contribution in [2.75, 3.05) is 38.2 Å². The fourth-order valence-corrected chi connectivity index (χ4v) is 6.30. The van der Waals surface area contributed by atoms with Gasteiger partial charge in [0.2, 0.25) is 15.9 Å². The molecule has 4 rings (SSSR count). The minimum Gasteiger partial charge on any atom is -0.379 e. The number of nitrogens with one attached hydrogen (secondary N) is 1. The van der Waals surface area contributed by atoms with Crippen molar-refractivity contribution >= 4 is 33.0 Å². The number of nitrogens with zero attached hydrogens (tertiary/aromatic N) is 2. The first-order valence-electron chi connectivity index (χ1n) is 10.2. The van der Waals surface area contributed by atoms with Gasteiger partial charge < -0.3 is 10.1 Å². The summed E-state index contributed by atoms with van der Waals surface area (Å²) in [6, 6.07) is 8.56. The molecule has 2 aliphatic rings. The average molecular weight is 450 g/mol. The van der Waals surface area contributed by atoms with Crippen LogP contribution in [0.4, 0.5) is 5.69 Å². The van der Waals surface area contributed by atoms with E-state index in [9.17, 15) is 13.2 Å². The van der Waals surface area contributed by atoms with Gasteiger partial charge >= 0.3 is 0 Å². The number of amides is 1. The van der Waals surface area contributed by atoms with Gasteiger partial charge in [0.25, 0.3) is 0 Å². The van der Waals surface area contributed by atoms with Crippen LogP contribution in [0, 0.1) is 0 Å². The summed E-state index contributed by atoms with van der Waals surface area (Å²) in [7, 11) is -3.60. The lowest BCUT2D eigenvalue weighted by molar-refractivity contribution is -0.121. The monoisotopic (exact) mass is 449 g/mol. The summed E-state index contributed by atoms with van der Waals surface area (Å²) >= 11 is 1.67. The lowest BCUT2D eigenvalue weighted by Crippen LogP contribution is -2.41. The lowest BCUT2D eigenvalue weighted by atomic mass is 10.1. The second-order valence-electron chi connectivity index (χ2n) is 7.66. The van der Waals surface area contributed by atoms with Crippen molar-refractivity contribution in [3.63, 3.8) is 0 Å². The van der Waals surface area contributed by atoms with E-state index in [1.165, 1.54) is 15.9 Å². The minimum atomic E-state index is -3.60. The number of benzene rings is 1. The van der Waals surface area contributed by atoms with Gasteiger partial charge in [-0.15, -0.1) is 0 Å². The van der Waals surface area contributed by atoms with Gasteiger partial charge in [-0.2, -0.15) is 15.6 Å². The van der Waals surface area contributed by atoms with E-state index in [1.807, 2.05) is 6.92 Å². The maximum absolute atomic E-state index is 13.0. The van der Waals surface area contributed by atoms with E-state index in [2.05, 4.69) is 27.0 Å². The smallest absolute Gasteiger partial charge is 0.243 e. The van der Waals surface area contributed by atoms with Crippen molar-refractivity contribution in [3.8, 4) is 0 Å². The number of sulfonamides is 1. The maximum atomic E-state index is 13.0. The molecule has 2 aromatic rings. The quantitative estimate of drug-likeness (QED) is 0.734. The van der Waals surface area contributed by atoms with E-state index in [-0.39, 0.29) is 22.9 Å². The molecule has 0 spiro atoms. The van der Waals surface area contributed by atoms with Gasteiger partial charge in [0.15, 0.2) is 0 Å². The molecular formula is C21H27N3O4S2. The number of anilines is 1. The zero-order chi connectivity index (χ0) is 21.1. The Hall–Kier alpha value is -1.78. The molecule has 7 nitrogen and oxygen atoms in total. The van der Waals surface area contributed by atoms with Crippen LogP contribution in [0.1, 0.15) is 31.4 Å². The van der Waals surface area contributed by atoms with Crippen LogP contribution in [0.5, 0.6) is 0 Å². The number of likely N-dealkylation sites (tertiary alicyclic amines) is 1. The Morgan fingerprint density at radius 1 is 1.23 bits per heavy atom. The van der Waals surface area contributed by atoms with Gasteiger partial charge in [0.05, 0.1) is 24.2 Å². The molecule has 9 heteroatoms. The van der Waals surface area contributed by atoms with E-state index in [1.54, 1.807) is 29.5 Å². The molecule has 2 saturated heterocycles. The average Bonchev–Trinajstić information content (AvgIpc) is 3.45. The topological polar surface area (TPSA) is 79.0 Å². The first-order valence-corrected chi connectivity index (χ1v) is 12.6. The van der Waals surface area contributed by atoms with E-state index >= 15 is 0 Å². The molecule has 3 heterocycles. The second kappa shape index (κ2) is 9.15. The van der Waals surface area contributed by atoms with Crippen molar-refractivity contribution in [2.45, 2.75) is 36.7 Å². The number of rotatable bonds is 6. The molecule has 1 amide bonds. The normalized spacial score (nSPS) is 22.1. The van der Waals surface area contributed by atoms with Gasteiger partial charge in [0.1, 0.15) is 0 Å². The summed E-state index contributed by atoms with van der Waals surface area (Å²) < 4.78 is 32.5. The predicted octanol–water partition coefficient (Wildman–Crippen LogP) is 2.93. The van der Waals surface area contributed by atoms with E-state index in [0.717, 1.165) is 19.4 Å². The molecule has 0 radical (unpaired) electrons. The Labute approximate surface area is 181 Å². The third-order valence-electron chi connectivity index (χ3n) is 5.81. The van der Waals surface area contributed by atoms with Crippen LogP contribution in [0.3, 0.4) is 0 Å². The highest BCUT2D eigenvalue weighted by Crippen LogP contribution is 2.34. The standard InChI is InChI=1S/C21H27N3O4S2/c1-16(24-8-3-6-20(24)17-7-13-29-15-17)21(25)22-18-4-2-5-19(14-18)30(26,27)23-9-11-28-12-10-23/h2,4-5,7,13-16,20H,3,6,8-12H2,1H3,(H,22,25)/t16-,20+/m1/s1. The summed E-state index contributed by atoms with van der Waals surface area (Å²) in [4.78, 5) is 15.4. The molecule has 0 bridgehead atoms. The summed E-state index contributed by atoms with van der Waals surface area (Å²) in [5, 5.41) is 7.13. The molecule has 1 N–H and O–H groups in total. The minimum absolute atomic E-state index is 0.127. The third-order valence-corrected chi connectivity index (χ3v) is 8.40. The van der Waals surface area contributed by atoms with Crippen LogP contribution in [0.15, 0.2) is 46.0 Å². The number of hydrogen-bond donors (Lipinski definition) is 1. The Kier molecular flexibility index (Phi) is 6.54. The van der Waals surface area contributed by atoms with Crippen LogP contribution in [-0.4, -0.2) is 62.4 Å². The highest BCUT2D eigenvalue weighted by molar-refractivity contribution is 7.89. The highest BCUT2D eigenvalue weighted by atomic mass is 32.2. The van der Waals surface area contributed by atoms with Gasteiger partial charge in [0, 0.05) is 24.8 Å². The van der Waals surface area contributed by atoms with Crippen molar-refractivity contribution in [1.29, 1.82) is 0 Å². The van der Waals surface area contributed by atoms with Crippen LogP contribution >= 0.6 is 11.3 Å². The SMILES string of the molecule is C[C@H](C(=O)Nc1cccc(S(=O)(=O)N2CCOCC2)c1)N1CCC[C@H]1c1ccsc1. The molecule has 162 valence electrons. The summed E-state index contributed by atoms with van der Waals surface area (Å²) in [6.45, 7) is 4.27. The number of ether oxygens (including phenoxy) is 1. The number of carbonyl (C=O) groups is 1. The fraction of sp³-hybridized carbons (Fsp3) is 0.476. The van der Waals surface area contributed by atoms with Crippen LogP contribution < -0.4 is 5.32 Å². The molecule has 2 aliphatic heterocycles. The molecule has 1 aromatic carbocycles. The first-order chi connectivity index (χ1) is 14.5. The van der Waals surface area contributed by atoms with Crippen LogP contribution in [-0.2, 0) is 19.6 Å². The number of morpholine rings is 1. The highest BCUT2D eigenvalue weighted by Gasteiger charge is 2.33. The Morgan fingerprint density at radius 3 is 2.77 bits per heavy atom. The first kappa shape index (κ1) is 21.5. The van der Waals surface area contributed by atoms with Crippen molar-refractivity contribution in [1.82, 2.24) is 9.21 Å². The van der Waals surface area contributed by atoms with Crippen LogP contribution in [0.25, 0.3) is 0 Å².